The number of thiazole rings is 1. The van der Waals surface area contributed by atoms with E-state index in [2.05, 4.69) is 84.1 Å². The molecular formula is C31H26ClN3O2S2. The van der Waals surface area contributed by atoms with Gasteiger partial charge in [-0.15, -0.1) is 11.3 Å². The van der Waals surface area contributed by atoms with Crippen molar-refractivity contribution in [2.24, 2.45) is 0 Å². The molecule has 3 heterocycles. The Morgan fingerprint density at radius 3 is 2.36 bits per heavy atom. The van der Waals surface area contributed by atoms with Gasteiger partial charge in [-0.1, -0.05) is 66.4 Å². The van der Waals surface area contributed by atoms with Crippen LogP contribution in [0.5, 0.6) is 0 Å². The molecule has 6 aromatic rings. The fraction of sp³-hybridized carbons (Fsp3) is 0.161. The van der Waals surface area contributed by atoms with Gasteiger partial charge in [-0.2, -0.15) is 4.57 Å². The Hall–Kier alpha value is -3.52. The number of rotatable bonds is 3. The van der Waals surface area contributed by atoms with Crippen LogP contribution in [0.2, 0.25) is 0 Å². The van der Waals surface area contributed by atoms with Gasteiger partial charge in [0.2, 0.25) is 5.58 Å². The number of oxazole rings is 1. The number of nitrogens with zero attached hydrogens (tertiary/aromatic N) is 3. The van der Waals surface area contributed by atoms with Crippen LogP contribution in [0.25, 0.3) is 43.7 Å². The van der Waals surface area contributed by atoms with Crippen molar-refractivity contribution in [1.82, 2.24) is 4.57 Å². The molecule has 0 radical (unpaired) electrons. The Bertz CT molecular complexity index is 2090. The molecule has 0 spiro atoms. The van der Waals surface area contributed by atoms with Gasteiger partial charge in [0.05, 0.1) is 11.8 Å². The number of aryl methyl sites for hydroxylation is 1. The van der Waals surface area contributed by atoms with E-state index in [9.17, 15) is 4.79 Å². The molecule has 4 aromatic carbocycles. The van der Waals surface area contributed by atoms with E-state index in [1.165, 1.54) is 27.0 Å². The van der Waals surface area contributed by atoms with E-state index in [0.717, 1.165) is 54.2 Å². The number of aromatic nitrogens is 2. The normalized spacial score (nSPS) is 14.9. The summed E-state index contributed by atoms with van der Waals surface area (Å²) in [4.78, 5) is 17.1. The number of halogens is 1. The molecule has 0 unspecified atom stereocenters. The van der Waals surface area contributed by atoms with Gasteiger partial charge in [-0.3, -0.25) is 9.36 Å². The highest BCUT2D eigenvalue weighted by molar-refractivity contribution is 8.09. The van der Waals surface area contributed by atoms with Crippen molar-refractivity contribution >= 4 is 72.5 Å². The molecule has 2 aromatic heterocycles. The quantitative estimate of drug-likeness (QED) is 0.306. The lowest BCUT2D eigenvalue weighted by molar-refractivity contribution is -0.674. The molecule has 7 rings (SSSR count). The zero-order valence-electron chi connectivity index (χ0n) is 21.8. The number of hydrogen-bond acceptors (Lipinski definition) is 5. The van der Waals surface area contributed by atoms with Crippen LogP contribution in [-0.2, 0) is 13.1 Å². The second-order valence-electron chi connectivity index (χ2n) is 9.38. The summed E-state index contributed by atoms with van der Waals surface area (Å²) in [6.45, 7) is 5.50. The van der Waals surface area contributed by atoms with Crippen LogP contribution in [-0.4, -0.2) is 11.6 Å². The van der Waals surface area contributed by atoms with Crippen molar-refractivity contribution in [3.8, 4) is 0 Å². The summed E-state index contributed by atoms with van der Waals surface area (Å²) in [7, 11) is 2.05. The molecule has 196 valence electrons. The summed E-state index contributed by atoms with van der Waals surface area (Å²) in [6, 6.07) is 25.3. The van der Waals surface area contributed by atoms with Crippen LogP contribution >= 0.6 is 23.1 Å². The number of anilines is 1. The number of thioether (sulfide) groups is 1. The van der Waals surface area contributed by atoms with E-state index in [1.54, 1.807) is 11.8 Å². The van der Waals surface area contributed by atoms with Crippen LogP contribution in [0.1, 0.15) is 19.7 Å². The van der Waals surface area contributed by atoms with Crippen molar-refractivity contribution in [3.05, 3.63) is 98.2 Å². The lowest BCUT2D eigenvalue weighted by atomic mass is 10.1. The van der Waals surface area contributed by atoms with Crippen LogP contribution in [0.15, 0.2) is 86.9 Å². The van der Waals surface area contributed by atoms with Crippen molar-refractivity contribution < 1.29 is 21.4 Å². The SMILES string of the molecule is CCn1c(=O)/c(=C2/Sc3c(ccc4ccccc34)N2C)s/c1=C/c1oc2c3ccccc3ccc2[n+]1CC.[Cl-]. The van der Waals surface area contributed by atoms with E-state index in [1.807, 2.05) is 29.7 Å². The Labute approximate surface area is 239 Å². The molecule has 0 atom stereocenters. The second kappa shape index (κ2) is 9.90. The van der Waals surface area contributed by atoms with Gasteiger partial charge < -0.3 is 21.7 Å². The fourth-order valence-electron chi connectivity index (χ4n) is 5.41. The summed E-state index contributed by atoms with van der Waals surface area (Å²) in [5.41, 5.74) is 3.11. The van der Waals surface area contributed by atoms with Crippen molar-refractivity contribution in [2.45, 2.75) is 31.8 Å². The molecule has 0 saturated heterocycles. The Morgan fingerprint density at radius 1 is 0.923 bits per heavy atom. The molecule has 1 aliphatic heterocycles. The van der Waals surface area contributed by atoms with Crippen LogP contribution in [0.3, 0.4) is 0 Å². The van der Waals surface area contributed by atoms with Gasteiger partial charge in [0.1, 0.15) is 20.8 Å². The smallest absolute Gasteiger partial charge is 0.377 e. The topological polar surface area (TPSA) is 42.3 Å². The molecule has 5 nitrogen and oxygen atoms in total. The predicted molar refractivity (Wildman–Crippen MR) is 158 cm³/mol. The summed E-state index contributed by atoms with van der Waals surface area (Å²) < 4.78 is 12.2. The largest absolute Gasteiger partial charge is 1.00 e. The van der Waals surface area contributed by atoms with E-state index >= 15 is 0 Å². The average Bonchev–Trinajstić information content (AvgIpc) is 3.58. The maximum atomic E-state index is 13.7. The summed E-state index contributed by atoms with van der Waals surface area (Å²) in [5.74, 6) is 0.751. The molecule has 8 heteroatoms. The highest BCUT2D eigenvalue weighted by atomic mass is 35.5. The third-order valence-corrected chi connectivity index (χ3v) is 9.88. The highest BCUT2D eigenvalue weighted by Gasteiger charge is 2.27. The zero-order chi connectivity index (χ0) is 26.0. The minimum atomic E-state index is 0. The zero-order valence-corrected chi connectivity index (χ0v) is 24.2. The summed E-state index contributed by atoms with van der Waals surface area (Å²) >= 11 is 3.23. The van der Waals surface area contributed by atoms with E-state index in [0.29, 0.717) is 6.54 Å². The maximum Gasteiger partial charge on any atom is 0.377 e. The molecule has 39 heavy (non-hydrogen) atoms. The van der Waals surface area contributed by atoms with E-state index < -0.39 is 0 Å². The van der Waals surface area contributed by atoms with Crippen LogP contribution < -0.4 is 36.6 Å². The van der Waals surface area contributed by atoms with Crippen molar-refractivity contribution in [2.75, 3.05) is 11.9 Å². The van der Waals surface area contributed by atoms with Crippen LogP contribution in [0, 0.1) is 0 Å². The van der Waals surface area contributed by atoms with E-state index in [-0.39, 0.29) is 18.0 Å². The lowest BCUT2D eigenvalue weighted by Gasteiger charge is -2.12. The van der Waals surface area contributed by atoms with Gasteiger partial charge in [0, 0.05) is 29.9 Å². The molecule has 0 saturated carbocycles. The van der Waals surface area contributed by atoms with Gasteiger partial charge in [0.15, 0.2) is 0 Å². The van der Waals surface area contributed by atoms with E-state index in [4.69, 9.17) is 4.42 Å². The van der Waals surface area contributed by atoms with Crippen molar-refractivity contribution in [1.29, 1.82) is 0 Å². The first-order valence-corrected chi connectivity index (χ1v) is 14.5. The number of benzene rings is 4. The van der Waals surface area contributed by atoms with Gasteiger partial charge in [-0.05, 0) is 42.1 Å². The minimum Gasteiger partial charge on any atom is -1.00 e. The molecule has 0 N–H and O–H groups in total. The highest BCUT2D eigenvalue weighted by Crippen LogP contribution is 2.48. The Morgan fingerprint density at radius 2 is 1.62 bits per heavy atom. The molecule has 0 aliphatic carbocycles. The van der Waals surface area contributed by atoms with Gasteiger partial charge >= 0.3 is 5.89 Å². The summed E-state index contributed by atoms with van der Waals surface area (Å²) in [6.07, 6.45) is 2.03. The summed E-state index contributed by atoms with van der Waals surface area (Å²) in [5, 5.41) is 5.65. The first-order valence-electron chi connectivity index (χ1n) is 12.8. The Balaban J connectivity index is 0.00000277. The minimum absolute atomic E-state index is 0. The second-order valence-corrected chi connectivity index (χ2v) is 11.4. The maximum absolute atomic E-state index is 13.7. The predicted octanol–water partition coefficient (Wildman–Crippen LogP) is 2.43. The van der Waals surface area contributed by atoms with Gasteiger partial charge in [-0.25, -0.2) is 0 Å². The Kier molecular flexibility index (Phi) is 6.53. The first-order chi connectivity index (χ1) is 18.6. The van der Waals surface area contributed by atoms with Gasteiger partial charge in [0.25, 0.3) is 11.1 Å². The molecular weight excluding hydrogens is 546 g/mol. The molecule has 0 fully saturated rings. The standard InChI is InChI=1S/C31H26N3O2S2.ClH/c1-4-33-23-16-14-19-10-6-8-12-21(19)27(23)36-25(33)18-26-34(5-2)30(35)29(37-26)31-32(3)24-17-15-20-11-7-9-13-22(20)28(24)38-31;/h6-18H,4-5H2,1-3H3;1H/q+1;/p-1/b31-29-;. The molecule has 0 amide bonds. The third kappa shape index (κ3) is 3.91. The van der Waals surface area contributed by atoms with Crippen LogP contribution in [0.4, 0.5) is 5.69 Å². The third-order valence-electron chi connectivity index (χ3n) is 7.33. The average molecular weight is 572 g/mol. The monoisotopic (exact) mass is 571 g/mol. The number of fused-ring (bicyclic) bond motifs is 6. The number of hydrogen-bond donors (Lipinski definition) is 0. The first kappa shape index (κ1) is 25.7. The van der Waals surface area contributed by atoms with Crippen molar-refractivity contribution in [3.63, 3.8) is 0 Å². The lowest BCUT2D eigenvalue weighted by Crippen LogP contribution is -3.00. The molecule has 0 bridgehead atoms. The molecule has 1 aliphatic rings. The fourth-order valence-corrected chi connectivity index (χ4v) is 7.99.